The minimum absolute atomic E-state index is 0.665. The molecule has 0 aromatic carbocycles. The van der Waals surface area contributed by atoms with Gasteiger partial charge in [-0.05, 0) is 18.8 Å². The van der Waals surface area contributed by atoms with Crippen molar-refractivity contribution in [1.82, 2.24) is 0 Å². The Kier molecular flexibility index (Phi) is 2.43. The summed E-state index contributed by atoms with van der Waals surface area (Å²) in [7, 11) is 0. The van der Waals surface area contributed by atoms with Gasteiger partial charge in [0, 0.05) is 11.5 Å². The molecule has 11 heavy (non-hydrogen) atoms. The maximum atomic E-state index is 2.45. The zero-order valence-electron chi connectivity index (χ0n) is 7.14. The fourth-order valence-electron chi connectivity index (χ4n) is 2.19. The van der Waals surface area contributed by atoms with Crippen molar-refractivity contribution in [3.05, 3.63) is 0 Å². The first kappa shape index (κ1) is 8.31. The smallest absolute Gasteiger partial charge is 0.0637 e. The van der Waals surface area contributed by atoms with E-state index < -0.39 is 0 Å². The molecule has 1 saturated carbocycles. The molecule has 0 aromatic heterocycles. The predicted molar refractivity (Wildman–Crippen MR) is 55.3 cm³/mol. The van der Waals surface area contributed by atoms with Crippen molar-refractivity contribution in [1.29, 1.82) is 0 Å². The quantitative estimate of drug-likeness (QED) is 0.571. The highest BCUT2D eigenvalue weighted by Gasteiger charge is 2.41. The standard InChI is InChI=1S/C9H16S2/c1-8-4-2-3-5-9(8)10-6-7-11-9/h8H,2-7H2,1H3. The van der Waals surface area contributed by atoms with Gasteiger partial charge < -0.3 is 0 Å². The minimum Gasteiger partial charge on any atom is -0.143 e. The van der Waals surface area contributed by atoms with Crippen LogP contribution in [-0.2, 0) is 0 Å². The van der Waals surface area contributed by atoms with E-state index in [2.05, 4.69) is 30.4 Å². The van der Waals surface area contributed by atoms with Crippen molar-refractivity contribution >= 4 is 23.5 Å². The molecule has 1 aliphatic carbocycles. The van der Waals surface area contributed by atoms with E-state index in [0.29, 0.717) is 4.08 Å². The highest BCUT2D eigenvalue weighted by molar-refractivity contribution is 8.21. The van der Waals surface area contributed by atoms with Crippen LogP contribution in [0.15, 0.2) is 0 Å². The summed E-state index contributed by atoms with van der Waals surface area (Å²) in [5.41, 5.74) is 0. The third-order valence-corrected chi connectivity index (χ3v) is 6.91. The van der Waals surface area contributed by atoms with E-state index in [4.69, 9.17) is 0 Å². The maximum absolute atomic E-state index is 2.45. The molecule has 2 aliphatic rings. The second-order valence-electron chi connectivity index (χ2n) is 3.66. The lowest BCUT2D eigenvalue weighted by Gasteiger charge is -2.37. The monoisotopic (exact) mass is 188 g/mol. The molecule has 2 heteroatoms. The first-order valence-electron chi connectivity index (χ1n) is 4.61. The molecule has 0 amide bonds. The summed E-state index contributed by atoms with van der Waals surface area (Å²) >= 11 is 4.47. The van der Waals surface area contributed by atoms with E-state index in [1.165, 1.54) is 37.2 Å². The van der Waals surface area contributed by atoms with E-state index in [9.17, 15) is 0 Å². The number of hydrogen-bond acceptors (Lipinski definition) is 2. The fourth-order valence-corrected chi connectivity index (χ4v) is 5.76. The molecule has 2 fully saturated rings. The van der Waals surface area contributed by atoms with E-state index in [1.807, 2.05) is 0 Å². The van der Waals surface area contributed by atoms with E-state index >= 15 is 0 Å². The van der Waals surface area contributed by atoms with E-state index in [-0.39, 0.29) is 0 Å². The SMILES string of the molecule is CC1CCCCC12SCCS2. The van der Waals surface area contributed by atoms with Crippen LogP contribution in [0.4, 0.5) is 0 Å². The van der Waals surface area contributed by atoms with Gasteiger partial charge in [0.25, 0.3) is 0 Å². The Hall–Kier alpha value is 0.700. The molecule has 1 aliphatic heterocycles. The fraction of sp³-hybridized carbons (Fsp3) is 1.00. The lowest BCUT2D eigenvalue weighted by Crippen LogP contribution is -2.30. The first-order valence-corrected chi connectivity index (χ1v) is 6.58. The third-order valence-electron chi connectivity index (χ3n) is 2.94. The van der Waals surface area contributed by atoms with Gasteiger partial charge in [0.1, 0.15) is 0 Å². The zero-order valence-corrected chi connectivity index (χ0v) is 8.77. The zero-order chi connectivity index (χ0) is 7.73. The average Bonchev–Trinajstić information content (AvgIpc) is 2.46. The Morgan fingerprint density at radius 3 is 2.55 bits per heavy atom. The summed E-state index contributed by atoms with van der Waals surface area (Å²) in [5.74, 6) is 3.76. The Labute approximate surface area is 77.9 Å². The van der Waals surface area contributed by atoms with Crippen molar-refractivity contribution in [3.8, 4) is 0 Å². The van der Waals surface area contributed by atoms with Gasteiger partial charge in [-0.2, -0.15) is 0 Å². The number of hydrogen-bond donors (Lipinski definition) is 0. The Morgan fingerprint density at radius 2 is 1.91 bits per heavy atom. The summed E-state index contributed by atoms with van der Waals surface area (Å²) in [6.07, 6.45) is 5.90. The molecule has 1 saturated heterocycles. The molecule has 0 bridgehead atoms. The van der Waals surface area contributed by atoms with Crippen LogP contribution in [0.3, 0.4) is 0 Å². The molecule has 64 valence electrons. The van der Waals surface area contributed by atoms with Crippen molar-refractivity contribution in [3.63, 3.8) is 0 Å². The van der Waals surface area contributed by atoms with Crippen LogP contribution in [0.2, 0.25) is 0 Å². The molecule has 0 radical (unpaired) electrons. The molecule has 1 atom stereocenters. The van der Waals surface area contributed by atoms with Crippen LogP contribution in [0.1, 0.15) is 32.6 Å². The van der Waals surface area contributed by atoms with Crippen LogP contribution in [0, 0.1) is 5.92 Å². The van der Waals surface area contributed by atoms with Gasteiger partial charge >= 0.3 is 0 Å². The minimum atomic E-state index is 0.665. The molecule has 0 aromatic rings. The van der Waals surface area contributed by atoms with Crippen LogP contribution in [0.25, 0.3) is 0 Å². The summed E-state index contributed by atoms with van der Waals surface area (Å²) in [5, 5.41) is 0. The first-order chi connectivity index (χ1) is 5.33. The molecular formula is C9H16S2. The lowest BCUT2D eigenvalue weighted by atomic mass is 9.90. The summed E-state index contributed by atoms with van der Waals surface area (Å²) in [6, 6.07) is 0. The molecule has 0 nitrogen and oxygen atoms in total. The highest BCUT2D eigenvalue weighted by Crippen LogP contribution is 2.55. The molecule has 1 heterocycles. The van der Waals surface area contributed by atoms with E-state index in [1.54, 1.807) is 0 Å². The number of thioether (sulfide) groups is 2. The topological polar surface area (TPSA) is 0 Å². The Balaban J connectivity index is 2.07. The largest absolute Gasteiger partial charge is 0.143 e. The van der Waals surface area contributed by atoms with Gasteiger partial charge in [-0.3, -0.25) is 0 Å². The van der Waals surface area contributed by atoms with Crippen LogP contribution < -0.4 is 0 Å². The summed E-state index contributed by atoms with van der Waals surface area (Å²) < 4.78 is 0.665. The van der Waals surface area contributed by atoms with Crippen molar-refractivity contribution in [2.45, 2.75) is 36.7 Å². The maximum Gasteiger partial charge on any atom is 0.0637 e. The van der Waals surface area contributed by atoms with Crippen molar-refractivity contribution in [2.75, 3.05) is 11.5 Å². The van der Waals surface area contributed by atoms with Crippen LogP contribution >= 0.6 is 23.5 Å². The van der Waals surface area contributed by atoms with Crippen LogP contribution in [-0.4, -0.2) is 15.6 Å². The molecule has 1 unspecified atom stereocenters. The van der Waals surface area contributed by atoms with Gasteiger partial charge in [0.2, 0.25) is 0 Å². The van der Waals surface area contributed by atoms with Crippen LogP contribution in [0.5, 0.6) is 0 Å². The lowest BCUT2D eigenvalue weighted by molar-refractivity contribution is 0.375. The van der Waals surface area contributed by atoms with Gasteiger partial charge in [0.15, 0.2) is 0 Å². The number of rotatable bonds is 0. The van der Waals surface area contributed by atoms with Gasteiger partial charge in [-0.25, -0.2) is 0 Å². The second-order valence-corrected chi connectivity index (χ2v) is 6.76. The molecule has 0 N–H and O–H groups in total. The van der Waals surface area contributed by atoms with Gasteiger partial charge in [-0.1, -0.05) is 19.8 Å². The summed E-state index contributed by atoms with van der Waals surface area (Å²) in [6.45, 7) is 2.45. The van der Waals surface area contributed by atoms with Crippen molar-refractivity contribution in [2.24, 2.45) is 5.92 Å². The Bertz CT molecular complexity index is 138. The summed E-state index contributed by atoms with van der Waals surface area (Å²) in [4.78, 5) is 0. The van der Waals surface area contributed by atoms with Gasteiger partial charge in [-0.15, -0.1) is 23.5 Å². The molecule has 2 rings (SSSR count). The Morgan fingerprint density at radius 1 is 1.18 bits per heavy atom. The second kappa shape index (κ2) is 3.21. The van der Waals surface area contributed by atoms with E-state index in [0.717, 1.165) is 5.92 Å². The normalized spacial score (nSPS) is 36.3. The molecule has 1 spiro atoms. The predicted octanol–water partition coefficient (Wildman–Crippen LogP) is 3.37. The average molecular weight is 188 g/mol. The highest BCUT2D eigenvalue weighted by atomic mass is 32.2. The molecular weight excluding hydrogens is 172 g/mol. The third kappa shape index (κ3) is 1.44. The van der Waals surface area contributed by atoms with Crippen molar-refractivity contribution < 1.29 is 0 Å². The van der Waals surface area contributed by atoms with Gasteiger partial charge in [0.05, 0.1) is 4.08 Å².